The monoisotopic (exact) mass is 318 g/mol. The molecule has 0 bridgehead atoms. The van der Waals surface area contributed by atoms with Crippen LogP contribution in [0.2, 0.25) is 5.02 Å². The van der Waals surface area contributed by atoms with Crippen molar-refractivity contribution in [3.8, 4) is 5.75 Å². The molecule has 2 rings (SSSR count). The van der Waals surface area contributed by atoms with E-state index in [1.54, 1.807) is 0 Å². The molecule has 0 amide bonds. The molecular formula is C15H24Cl2N2O. The van der Waals surface area contributed by atoms with Gasteiger partial charge in [0.15, 0.2) is 0 Å². The summed E-state index contributed by atoms with van der Waals surface area (Å²) >= 11 is 6.09. The number of hydrogen-bond donors (Lipinski definition) is 1. The van der Waals surface area contributed by atoms with Crippen LogP contribution in [0.1, 0.15) is 25.3 Å². The van der Waals surface area contributed by atoms with Gasteiger partial charge >= 0.3 is 0 Å². The number of rotatable bonds is 7. The lowest BCUT2D eigenvalue weighted by Crippen LogP contribution is -2.34. The Balaban J connectivity index is 0.00000200. The number of halogens is 2. The zero-order chi connectivity index (χ0) is 13.8. The molecule has 1 saturated carbocycles. The van der Waals surface area contributed by atoms with Gasteiger partial charge in [-0.25, -0.2) is 0 Å². The summed E-state index contributed by atoms with van der Waals surface area (Å²) in [6, 6.07) is 6.19. The highest BCUT2D eigenvalue weighted by Gasteiger charge is 2.22. The smallest absolute Gasteiger partial charge is 0.123 e. The van der Waals surface area contributed by atoms with Crippen LogP contribution >= 0.6 is 24.0 Å². The first-order valence-electron chi connectivity index (χ1n) is 6.91. The van der Waals surface area contributed by atoms with Gasteiger partial charge < -0.3 is 10.5 Å². The summed E-state index contributed by atoms with van der Waals surface area (Å²) in [6.45, 7) is 4.40. The Morgan fingerprint density at radius 1 is 1.45 bits per heavy atom. The van der Waals surface area contributed by atoms with E-state index in [2.05, 4.69) is 18.9 Å². The topological polar surface area (TPSA) is 38.5 Å². The molecule has 0 spiro atoms. The number of ether oxygens (including phenoxy) is 1. The molecule has 1 unspecified atom stereocenters. The van der Waals surface area contributed by atoms with Crippen molar-refractivity contribution in [2.75, 3.05) is 20.2 Å². The number of nitrogens with zero attached hydrogens (tertiary/aromatic N) is 1. The fraction of sp³-hybridized carbons (Fsp3) is 0.600. The van der Waals surface area contributed by atoms with E-state index >= 15 is 0 Å². The maximum Gasteiger partial charge on any atom is 0.123 e. The van der Waals surface area contributed by atoms with Gasteiger partial charge in [-0.05, 0) is 50.9 Å². The first-order chi connectivity index (χ1) is 9.10. The van der Waals surface area contributed by atoms with E-state index in [0.717, 1.165) is 35.4 Å². The van der Waals surface area contributed by atoms with Crippen molar-refractivity contribution < 1.29 is 4.74 Å². The predicted octanol–water partition coefficient (Wildman–Crippen LogP) is 3.33. The molecule has 0 radical (unpaired) electrons. The van der Waals surface area contributed by atoms with Crippen LogP contribution in [-0.2, 0) is 6.54 Å². The first-order valence-corrected chi connectivity index (χ1v) is 7.29. The van der Waals surface area contributed by atoms with Crippen molar-refractivity contribution >= 4 is 24.0 Å². The molecular weight excluding hydrogens is 295 g/mol. The van der Waals surface area contributed by atoms with Crippen molar-refractivity contribution in [3.63, 3.8) is 0 Å². The Labute approximate surface area is 132 Å². The van der Waals surface area contributed by atoms with E-state index in [9.17, 15) is 0 Å². The maximum absolute atomic E-state index is 6.09. The summed E-state index contributed by atoms with van der Waals surface area (Å²) in [5, 5.41) is 0.752. The van der Waals surface area contributed by atoms with Crippen molar-refractivity contribution in [2.45, 2.75) is 32.4 Å². The van der Waals surface area contributed by atoms with Gasteiger partial charge in [-0.1, -0.05) is 11.6 Å². The quantitative estimate of drug-likeness (QED) is 0.838. The van der Waals surface area contributed by atoms with E-state index in [1.807, 2.05) is 18.2 Å². The molecule has 0 saturated heterocycles. The molecule has 0 heterocycles. The minimum absolute atomic E-state index is 0. The van der Waals surface area contributed by atoms with Crippen molar-refractivity contribution in [3.05, 3.63) is 28.8 Å². The third-order valence-electron chi connectivity index (χ3n) is 3.71. The normalized spacial score (nSPS) is 15.8. The van der Waals surface area contributed by atoms with Crippen LogP contribution in [-0.4, -0.2) is 31.1 Å². The molecule has 2 N–H and O–H groups in total. The van der Waals surface area contributed by atoms with Crippen molar-refractivity contribution in [1.82, 2.24) is 4.90 Å². The lowest BCUT2D eigenvalue weighted by molar-refractivity contribution is 0.244. The Morgan fingerprint density at radius 2 is 2.15 bits per heavy atom. The average Bonchev–Trinajstić information content (AvgIpc) is 3.21. The molecule has 20 heavy (non-hydrogen) atoms. The minimum Gasteiger partial charge on any atom is -0.493 e. The second-order valence-corrected chi connectivity index (χ2v) is 5.94. The first kappa shape index (κ1) is 17.6. The zero-order valence-corrected chi connectivity index (χ0v) is 13.7. The lowest BCUT2D eigenvalue weighted by atomic mass is 10.1. The van der Waals surface area contributed by atoms with E-state index < -0.39 is 0 Å². The number of likely N-dealkylation sites (N-methyl/N-ethyl adjacent to an activating group) is 1. The second-order valence-electron chi connectivity index (χ2n) is 5.51. The van der Waals surface area contributed by atoms with Crippen molar-refractivity contribution in [1.29, 1.82) is 0 Å². The second kappa shape index (κ2) is 8.08. The van der Waals surface area contributed by atoms with Crippen LogP contribution in [0.3, 0.4) is 0 Å². The minimum atomic E-state index is 0. The standard InChI is InChI=1S/C15H23ClN2O.ClH/c1-11(8-17)18(2)9-13-7-14(16)5-6-15(13)19-10-12-3-4-12;/h5-7,11-12H,3-4,8-10,17H2,1-2H3;1H. The summed E-state index contributed by atoms with van der Waals surface area (Å²) in [5.74, 6) is 1.71. The lowest BCUT2D eigenvalue weighted by Gasteiger charge is -2.24. The van der Waals surface area contributed by atoms with Crippen LogP contribution in [0, 0.1) is 5.92 Å². The molecule has 1 aromatic rings. The van der Waals surface area contributed by atoms with Gasteiger partial charge in [0, 0.05) is 29.7 Å². The average molecular weight is 319 g/mol. The molecule has 5 heteroatoms. The third kappa shape index (κ3) is 5.13. The van der Waals surface area contributed by atoms with Gasteiger partial charge in [0.05, 0.1) is 6.61 Å². The number of benzene rings is 1. The summed E-state index contributed by atoms with van der Waals surface area (Å²) in [4.78, 5) is 2.22. The Kier molecular flexibility index (Phi) is 7.10. The van der Waals surface area contributed by atoms with E-state index in [1.165, 1.54) is 12.8 Å². The van der Waals surface area contributed by atoms with Gasteiger partial charge in [-0.3, -0.25) is 4.90 Å². The number of nitrogens with two attached hydrogens (primary N) is 1. The molecule has 3 nitrogen and oxygen atoms in total. The molecule has 1 fully saturated rings. The van der Waals surface area contributed by atoms with Gasteiger partial charge in [-0.15, -0.1) is 12.4 Å². The maximum atomic E-state index is 6.09. The van der Waals surface area contributed by atoms with Gasteiger partial charge in [0.1, 0.15) is 5.75 Å². The van der Waals surface area contributed by atoms with Crippen LogP contribution < -0.4 is 10.5 Å². The van der Waals surface area contributed by atoms with Crippen LogP contribution in [0.25, 0.3) is 0 Å². The highest BCUT2D eigenvalue weighted by atomic mass is 35.5. The highest BCUT2D eigenvalue weighted by molar-refractivity contribution is 6.30. The molecule has 0 aliphatic heterocycles. The third-order valence-corrected chi connectivity index (χ3v) is 3.94. The Morgan fingerprint density at radius 3 is 2.75 bits per heavy atom. The van der Waals surface area contributed by atoms with Crippen LogP contribution in [0.5, 0.6) is 5.75 Å². The summed E-state index contributed by atoms with van der Waals surface area (Å²) in [5.41, 5.74) is 6.84. The SMILES string of the molecule is CC(CN)N(C)Cc1cc(Cl)ccc1OCC1CC1.Cl. The van der Waals surface area contributed by atoms with Crippen LogP contribution in [0.4, 0.5) is 0 Å². The van der Waals surface area contributed by atoms with Gasteiger partial charge in [0.25, 0.3) is 0 Å². The van der Waals surface area contributed by atoms with E-state index in [0.29, 0.717) is 12.6 Å². The van der Waals surface area contributed by atoms with E-state index in [-0.39, 0.29) is 12.4 Å². The molecule has 1 aliphatic carbocycles. The largest absolute Gasteiger partial charge is 0.493 e. The van der Waals surface area contributed by atoms with Crippen molar-refractivity contribution in [2.24, 2.45) is 11.7 Å². The Bertz CT molecular complexity index is 424. The fourth-order valence-electron chi connectivity index (χ4n) is 1.91. The number of hydrogen-bond acceptors (Lipinski definition) is 3. The summed E-state index contributed by atoms with van der Waals surface area (Å²) in [7, 11) is 2.07. The molecule has 0 aromatic heterocycles. The van der Waals surface area contributed by atoms with Gasteiger partial charge in [-0.2, -0.15) is 0 Å². The Hall–Kier alpha value is -0.480. The zero-order valence-electron chi connectivity index (χ0n) is 12.1. The molecule has 1 aromatic carbocycles. The fourth-order valence-corrected chi connectivity index (χ4v) is 2.10. The summed E-state index contributed by atoms with van der Waals surface area (Å²) < 4.78 is 5.91. The summed E-state index contributed by atoms with van der Waals surface area (Å²) in [6.07, 6.45) is 2.60. The molecule has 1 aliphatic rings. The highest BCUT2D eigenvalue weighted by Crippen LogP contribution is 2.31. The molecule has 114 valence electrons. The van der Waals surface area contributed by atoms with Gasteiger partial charge in [0.2, 0.25) is 0 Å². The molecule has 1 atom stereocenters. The predicted molar refractivity (Wildman–Crippen MR) is 86.9 cm³/mol. The van der Waals surface area contributed by atoms with E-state index in [4.69, 9.17) is 22.1 Å². The van der Waals surface area contributed by atoms with Crippen LogP contribution in [0.15, 0.2) is 18.2 Å².